The molecule has 0 amide bonds. The van der Waals surface area contributed by atoms with Crippen molar-refractivity contribution in [2.24, 2.45) is 0 Å². The molecule has 0 saturated carbocycles. The molecule has 0 saturated heterocycles. The van der Waals surface area contributed by atoms with Gasteiger partial charge in [-0.25, -0.2) is 0 Å². The van der Waals surface area contributed by atoms with Crippen LogP contribution in [0, 0.1) is 6.92 Å². The van der Waals surface area contributed by atoms with Crippen LogP contribution in [0.1, 0.15) is 23.6 Å². The van der Waals surface area contributed by atoms with Gasteiger partial charge in [0.1, 0.15) is 5.75 Å². The average Bonchev–Trinajstić information content (AvgIpc) is 2.32. The summed E-state index contributed by atoms with van der Waals surface area (Å²) in [5.74, 6) is -0.219. The van der Waals surface area contributed by atoms with Crippen LogP contribution in [0.2, 0.25) is 0 Å². The zero-order valence-corrected chi connectivity index (χ0v) is 12.3. The van der Waals surface area contributed by atoms with Gasteiger partial charge >= 0.3 is 12.6 Å². The Bertz CT molecular complexity index is 450. The quantitative estimate of drug-likeness (QED) is 0.588. The molecule has 0 heterocycles. The third-order valence-corrected chi connectivity index (χ3v) is 3.10. The van der Waals surface area contributed by atoms with Crippen molar-refractivity contribution in [3.8, 4) is 5.75 Å². The summed E-state index contributed by atoms with van der Waals surface area (Å²) in [6, 6.07) is 3.19. The summed E-state index contributed by atoms with van der Waals surface area (Å²) in [6.45, 7) is 0.838. The smallest absolute Gasteiger partial charge is 0.387 e. The molecule has 0 aliphatic heterocycles. The first-order valence-corrected chi connectivity index (χ1v) is 6.88. The van der Waals surface area contributed by atoms with E-state index in [2.05, 4.69) is 20.7 Å². The molecule has 0 atom stereocenters. The standard InChI is InChI=1S/C13H15BrF2O3/c1-3-18-12(17)6-9-4-8(2)11(19-13(15)16)5-10(9)7-14/h4-5,13H,3,6-7H2,1-2H3. The monoisotopic (exact) mass is 336 g/mol. The summed E-state index contributed by atoms with van der Waals surface area (Å²) in [5.41, 5.74) is 2.04. The SMILES string of the molecule is CCOC(=O)Cc1cc(C)c(OC(F)F)cc1CBr. The van der Waals surface area contributed by atoms with Gasteiger partial charge in [-0.2, -0.15) is 8.78 Å². The highest BCUT2D eigenvalue weighted by Crippen LogP contribution is 2.26. The normalized spacial score (nSPS) is 10.6. The van der Waals surface area contributed by atoms with E-state index >= 15 is 0 Å². The number of ether oxygens (including phenoxy) is 2. The van der Waals surface area contributed by atoms with Gasteiger partial charge in [0.2, 0.25) is 0 Å². The van der Waals surface area contributed by atoms with Gasteiger partial charge in [0.15, 0.2) is 0 Å². The van der Waals surface area contributed by atoms with E-state index in [1.807, 2.05) is 0 Å². The fourth-order valence-corrected chi connectivity index (χ4v) is 2.19. The molecule has 0 aliphatic carbocycles. The van der Waals surface area contributed by atoms with Gasteiger partial charge in [0.05, 0.1) is 13.0 Å². The Kier molecular flexibility index (Phi) is 6.21. The lowest BCUT2D eigenvalue weighted by atomic mass is 10.0. The summed E-state index contributed by atoms with van der Waals surface area (Å²) >= 11 is 3.27. The van der Waals surface area contributed by atoms with Crippen LogP contribution < -0.4 is 4.74 Å². The van der Waals surface area contributed by atoms with Gasteiger partial charge in [-0.1, -0.05) is 22.0 Å². The third kappa shape index (κ3) is 4.78. The second-order valence-electron chi connectivity index (χ2n) is 3.88. The Morgan fingerprint density at radius 2 is 2.05 bits per heavy atom. The maximum absolute atomic E-state index is 12.2. The van der Waals surface area contributed by atoms with Crippen LogP contribution in [0.15, 0.2) is 12.1 Å². The van der Waals surface area contributed by atoms with Crippen molar-refractivity contribution in [2.45, 2.75) is 32.2 Å². The van der Waals surface area contributed by atoms with Gasteiger partial charge in [-0.05, 0) is 36.6 Å². The molecule has 0 N–H and O–H groups in total. The number of alkyl halides is 3. The highest BCUT2D eigenvalue weighted by Gasteiger charge is 2.14. The molecule has 0 bridgehead atoms. The van der Waals surface area contributed by atoms with Crippen LogP contribution >= 0.6 is 15.9 Å². The number of rotatable bonds is 6. The molecule has 0 spiro atoms. The molecule has 19 heavy (non-hydrogen) atoms. The average molecular weight is 337 g/mol. The fraction of sp³-hybridized carbons (Fsp3) is 0.462. The zero-order chi connectivity index (χ0) is 14.4. The number of hydrogen-bond acceptors (Lipinski definition) is 3. The van der Waals surface area contributed by atoms with Gasteiger partial charge in [0, 0.05) is 5.33 Å². The molecule has 6 heteroatoms. The van der Waals surface area contributed by atoms with Crippen LogP contribution in [0.3, 0.4) is 0 Å². The number of halogens is 3. The first-order valence-electron chi connectivity index (χ1n) is 5.76. The van der Waals surface area contributed by atoms with Crippen molar-refractivity contribution >= 4 is 21.9 Å². The maximum Gasteiger partial charge on any atom is 0.387 e. The van der Waals surface area contributed by atoms with Crippen molar-refractivity contribution in [3.63, 3.8) is 0 Å². The molecule has 0 fully saturated rings. The lowest BCUT2D eigenvalue weighted by Crippen LogP contribution is -2.10. The fourth-order valence-electron chi connectivity index (χ4n) is 1.67. The summed E-state index contributed by atoms with van der Waals surface area (Å²) in [6.07, 6.45) is 0.116. The van der Waals surface area contributed by atoms with Gasteiger partial charge in [0.25, 0.3) is 0 Å². The number of benzene rings is 1. The van der Waals surface area contributed by atoms with E-state index in [9.17, 15) is 13.6 Å². The molecule has 0 aliphatic rings. The minimum atomic E-state index is -2.86. The summed E-state index contributed by atoms with van der Waals surface area (Å²) in [5, 5.41) is 0.446. The van der Waals surface area contributed by atoms with Crippen LogP contribution in [0.4, 0.5) is 8.78 Å². The minimum Gasteiger partial charge on any atom is -0.466 e. The first-order chi connectivity index (χ1) is 8.97. The van der Waals surface area contributed by atoms with Crippen molar-refractivity contribution in [2.75, 3.05) is 6.61 Å². The molecule has 0 radical (unpaired) electrons. The molecule has 1 aromatic carbocycles. The molecule has 1 rings (SSSR count). The van der Waals surface area contributed by atoms with E-state index in [4.69, 9.17) is 4.74 Å². The Hall–Kier alpha value is -1.17. The Morgan fingerprint density at radius 1 is 1.37 bits per heavy atom. The van der Waals surface area contributed by atoms with Crippen molar-refractivity contribution in [1.29, 1.82) is 0 Å². The number of carbonyl (C=O) groups excluding carboxylic acids is 1. The summed E-state index contributed by atoms with van der Waals surface area (Å²) < 4.78 is 33.8. The highest BCUT2D eigenvalue weighted by atomic mass is 79.9. The number of aryl methyl sites for hydroxylation is 1. The van der Waals surface area contributed by atoms with E-state index < -0.39 is 6.61 Å². The molecular formula is C13H15BrF2O3. The second kappa shape index (κ2) is 7.43. The molecule has 0 unspecified atom stereocenters. The molecular weight excluding hydrogens is 322 g/mol. The van der Waals surface area contributed by atoms with Crippen molar-refractivity contribution in [1.82, 2.24) is 0 Å². The van der Waals surface area contributed by atoms with Crippen LogP contribution in [0.25, 0.3) is 0 Å². The lowest BCUT2D eigenvalue weighted by molar-refractivity contribution is -0.142. The molecule has 0 aromatic heterocycles. The van der Waals surface area contributed by atoms with E-state index in [0.717, 1.165) is 11.1 Å². The largest absolute Gasteiger partial charge is 0.466 e. The van der Waals surface area contributed by atoms with Crippen LogP contribution in [-0.2, 0) is 21.3 Å². The minimum absolute atomic E-state index is 0.116. The van der Waals surface area contributed by atoms with Gasteiger partial charge < -0.3 is 9.47 Å². The van der Waals surface area contributed by atoms with Crippen molar-refractivity contribution < 1.29 is 23.0 Å². The summed E-state index contributed by atoms with van der Waals surface area (Å²) in [7, 11) is 0. The van der Waals surface area contributed by atoms with Crippen molar-refractivity contribution in [3.05, 3.63) is 28.8 Å². The molecule has 3 nitrogen and oxygen atoms in total. The Morgan fingerprint density at radius 3 is 2.58 bits per heavy atom. The zero-order valence-electron chi connectivity index (χ0n) is 10.7. The van der Waals surface area contributed by atoms with Gasteiger partial charge in [-0.3, -0.25) is 4.79 Å². The van der Waals surface area contributed by atoms with Crippen LogP contribution in [0.5, 0.6) is 5.75 Å². The molecule has 106 valence electrons. The lowest BCUT2D eigenvalue weighted by Gasteiger charge is -2.13. The first kappa shape index (κ1) is 15.9. The Balaban J connectivity index is 2.99. The number of carbonyl (C=O) groups is 1. The Labute approximate surface area is 119 Å². The predicted molar refractivity (Wildman–Crippen MR) is 70.8 cm³/mol. The maximum atomic E-state index is 12.2. The number of esters is 1. The van der Waals surface area contributed by atoms with E-state index in [0.29, 0.717) is 17.5 Å². The highest BCUT2D eigenvalue weighted by molar-refractivity contribution is 9.08. The van der Waals surface area contributed by atoms with E-state index in [1.54, 1.807) is 19.9 Å². The van der Waals surface area contributed by atoms with Gasteiger partial charge in [-0.15, -0.1) is 0 Å². The topological polar surface area (TPSA) is 35.5 Å². The predicted octanol–water partition coefficient (Wildman–Crippen LogP) is 3.60. The molecule has 1 aromatic rings. The van der Waals surface area contributed by atoms with E-state index in [-0.39, 0.29) is 18.1 Å². The third-order valence-electron chi connectivity index (χ3n) is 2.50. The van der Waals surface area contributed by atoms with E-state index in [1.165, 1.54) is 6.07 Å². The number of hydrogen-bond donors (Lipinski definition) is 0. The second-order valence-corrected chi connectivity index (χ2v) is 4.44. The summed E-state index contributed by atoms with van der Waals surface area (Å²) in [4.78, 5) is 11.5. The van der Waals surface area contributed by atoms with Crippen LogP contribution in [-0.4, -0.2) is 19.2 Å².